The first-order chi connectivity index (χ1) is 19.1. The van der Waals surface area contributed by atoms with Crippen molar-refractivity contribution < 1.29 is 14.1 Å². The number of ether oxygens (including phenoxy) is 1. The average molecular weight is 535 g/mol. The van der Waals surface area contributed by atoms with E-state index >= 15 is 0 Å². The van der Waals surface area contributed by atoms with Gasteiger partial charge < -0.3 is 19.4 Å². The number of nitro benzene ring substituents is 1. The first-order valence-electron chi connectivity index (χ1n) is 12.2. The molecule has 9 heteroatoms. The number of nitro groups is 1. The molecular formula is C30H22N4O4S. The van der Waals surface area contributed by atoms with E-state index in [1.54, 1.807) is 18.3 Å². The van der Waals surface area contributed by atoms with Crippen molar-refractivity contribution in [1.29, 1.82) is 0 Å². The Morgan fingerprint density at radius 2 is 1.59 bits per heavy atom. The molecule has 2 atom stereocenters. The number of nitrogens with one attached hydrogen (secondary N) is 1. The number of anilines is 1. The molecule has 0 aliphatic carbocycles. The van der Waals surface area contributed by atoms with Gasteiger partial charge in [-0.1, -0.05) is 24.3 Å². The Balaban J connectivity index is 1.34. The maximum atomic E-state index is 11.1. The molecule has 0 spiro atoms. The fourth-order valence-corrected chi connectivity index (χ4v) is 4.98. The fourth-order valence-electron chi connectivity index (χ4n) is 4.64. The molecule has 1 aliphatic rings. The Labute approximate surface area is 229 Å². The smallest absolute Gasteiger partial charge is 0.269 e. The van der Waals surface area contributed by atoms with Gasteiger partial charge in [0.15, 0.2) is 5.11 Å². The maximum Gasteiger partial charge on any atom is 0.269 e. The summed E-state index contributed by atoms with van der Waals surface area (Å²) in [4.78, 5) is 17.2. The normalized spacial score (nSPS) is 16.6. The molecule has 1 saturated heterocycles. The predicted octanol–water partition coefficient (Wildman–Crippen LogP) is 7.22. The molecular weight excluding hydrogens is 512 g/mol. The lowest BCUT2D eigenvalue weighted by molar-refractivity contribution is -0.384. The van der Waals surface area contributed by atoms with Gasteiger partial charge in [-0.25, -0.2) is 0 Å². The second-order valence-corrected chi connectivity index (χ2v) is 9.30. The third-order valence-electron chi connectivity index (χ3n) is 6.47. The molecule has 2 unspecified atom stereocenters. The van der Waals surface area contributed by atoms with E-state index in [-0.39, 0.29) is 17.8 Å². The summed E-state index contributed by atoms with van der Waals surface area (Å²) in [5.41, 5.74) is 2.45. The van der Waals surface area contributed by atoms with E-state index in [9.17, 15) is 10.1 Å². The number of non-ortho nitro benzene ring substituents is 1. The predicted molar refractivity (Wildman–Crippen MR) is 152 cm³/mol. The van der Waals surface area contributed by atoms with E-state index in [4.69, 9.17) is 21.4 Å². The third kappa shape index (κ3) is 4.95. The summed E-state index contributed by atoms with van der Waals surface area (Å²) in [7, 11) is 0. The molecule has 1 N–H and O–H groups in total. The summed E-state index contributed by atoms with van der Waals surface area (Å²) in [6.07, 6.45) is 1.75. The number of rotatable bonds is 7. The van der Waals surface area contributed by atoms with Crippen molar-refractivity contribution in [2.24, 2.45) is 0 Å². The SMILES string of the molecule is O=[N+]([O-])c1ccc(-c2ccc(C3C(c4ccccn4)NC(=S)N3c3ccc(Oc4ccccc4)cc3)o2)cc1. The van der Waals surface area contributed by atoms with Crippen molar-refractivity contribution in [3.63, 3.8) is 0 Å². The van der Waals surface area contributed by atoms with E-state index in [0.717, 1.165) is 22.7 Å². The zero-order valence-electron chi connectivity index (χ0n) is 20.5. The Morgan fingerprint density at radius 3 is 2.28 bits per heavy atom. The highest BCUT2D eigenvalue weighted by Crippen LogP contribution is 2.43. The first kappa shape index (κ1) is 24.3. The molecule has 0 bridgehead atoms. The molecule has 192 valence electrons. The van der Waals surface area contributed by atoms with Crippen LogP contribution in [0.25, 0.3) is 11.3 Å². The van der Waals surface area contributed by atoms with Crippen molar-refractivity contribution in [1.82, 2.24) is 10.3 Å². The Hall–Kier alpha value is -5.02. The van der Waals surface area contributed by atoms with Gasteiger partial charge in [-0.15, -0.1) is 0 Å². The number of para-hydroxylation sites is 1. The second-order valence-electron chi connectivity index (χ2n) is 8.91. The van der Waals surface area contributed by atoms with Crippen LogP contribution >= 0.6 is 12.2 Å². The van der Waals surface area contributed by atoms with Crippen LogP contribution in [0.4, 0.5) is 11.4 Å². The van der Waals surface area contributed by atoms with E-state index in [2.05, 4.69) is 10.3 Å². The number of pyridine rings is 1. The number of hydrogen-bond donors (Lipinski definition) is 1. The Kier molecular flexibility index (Phi) is 6.48. The lowest BCUT2D eigenvalue weighted by Gasteiger charge is -2.26. The summed E-state index contributed by atoms with van der Waals surface area (Å²) in [6.45, 7) is 0. The molecule has 2 aromatic heterocycles. The molecule has 0 amide bonds. The molecule has 5 aromatic rings. The number of nitrogens with zero attached hydrogens (tertiary/aromatic N) is 3. The summed E-state index contributed by atoms with van der Waals surface area (Å²) < 4.78 is 12.3. The van der Waals surface area contributed by atoms with Gasteiger partial charge >= 0.3 is 0 Å². The van der Waals surface area contributed by atoms with E-state index in [0.29, 0.717) is 22.4 Å². The molecule has 8 nitrogen and oxygen atoms in total. The summed E-state index contributed by atoms with van der Waals surface area (Å²) in [6, 6.07) is 32.5. The molecule has 1 aliphatic heterocycles. The van der Waals surface area contributed by atoms with Gasteiger partial charge in [0.2, 0.25) is 0 Å². The number of aromatic nitrogens is 1. The monoisotopic (exact) mass is 534 g/mol. The largest absolute Gasteiger partial charge is 0.459 e. The molecule has 1 fully saturated rings. The number of benzene rings is 3. The van der Waals surface area contributed by atoms with Crippen LogP contribution in [0.5, 0.6) is 11.5 Å². The zero-order chi connectivity index (χ0) is 26.8. The van der Waals surface area contributed by atoms with Gasteiger partial charge in [-0.3, -0.25) is 15.1 Å². The van der Waals surface area contributed by atoms with Crippen LogP contribution in [0.1, 0.15) is 23.5 Å². The van der Waals surface area contributed by atoms with Crippen LogP contribution in [-0.4, -0.2) is 15.0 Å². The van der Waals surface area contributed by atoms with Gasteiger partial charge in [0, 0.05) is 29.6 Å². The standard InChI is InChI=1S/C30H22N4O4S/c35-34(36)22-11-9-20(10-12-22)26-17-18-27(38-26)29-28(25-8-4-5-19-31-25)32-30(39)33(29)21-13-15-24(16-14-21)37-23-6-2-1-3-7-23/h1-19,28-29H,(H,32,39). The molecule has 39 heavy (non-hydrogen) atoms. The van der Waals surface area contributed by atoms with E-state index in [1.807, 2.05) is 89.8 Å². The van der Waals surface area contributed by atoms with Crippen molar-refractivity contribution in [3.8, 4) is 22.8 Å². The fraction of sp³-hybridized carbons (Fsp3) is 0.0667. The van der Waals surface area contributed by atoms with Crippen LogP contribution in [0.15, 0.2) is 120 Å². The zero-order valence-corrected chi connectivity index (χ0v) is 21.3. The molecule has 6 rings (SSSR count). The molecule has 0 radical (unpaired) electrons. The van der Waals surface area contributed by atoms with Crippen molar-refractivity contribution in [3.05, 3.63) is 137 Å². The van der Waals surface area contributed by atoms with Crippen LogP contribution in [-0.2, 0) is 0 Å². The Bertz CT molecular complexity index is 1610. The van der Waals surface area contributed by atoms with Crippen LogP contribution in [0.2, 0.25) is 0 Å². The summed E-state index contributed by atoms with van der Waals surface area (Å²) >= 11 is 5.80. The van der Waals surface area contributed by atoms with Crippen LogP contribution in [0, 0.1) is 10.1 Å². The highest BCUT2D eigenvalue weighted by molar-refractivity contribution is 7.80. The average Bonchev–Trinajstić information content (AvgIpc) is 3.59. The van der Waals surface area contributed by atoms with E-state index < -0.39 is 4.92 Å². The summed E-state index contributed by atoms with van der Waals surface area (Å²) in [5, 5.41) is 15.0. The van der Waals surface area contributed by atoms with Gasteiger partial charge in [-0.05, 0) is 85.0 Å². The van der Waals surface area contributed by atoms with Crippen LogP contribution in [0.3, 0.4) is 0 Å². The lowest BCUT2D eigenvalue weighted by atomic mass is 10.0. The number of thiocarbonyl (C=S) groups is 1. The molecule has 3 aromatic carbocycles. The van der Waals surface area contributed by atoms with E-state index in [1.165, 1.54) is 12.1 Å². The Morgan fingerprint density at radius 1 is 0.872 bits per heavy atom. The van der Waals surface area contributed by atoms with Gasteiger partial charge in [0.05, 0.1) is 16.7 Å². The highest BCUT2D eigenvalue weighted by Gasteiger charge is 2.42. The van der Waals surface area contributed by atoms with Crippen molar-refractivity contribution in [2.75, 3.05) is 4.90 Å². The molecule has 0 saturated carbocycles. The van der Waals surface area contributed by atoms with Crippen molar-refractivity contribution in [2.45, 2.75) is 12.1 Å². The van der Waals surface area contributed by atoms with Crippen LogP contribution < -0.4 is 15.0 Å². The lowest BCUT2D eigenvalue weighted by Crippen LogP contribution is -2.29. The number of furan rings is 1. The van der Waals surface area contributed by atoms with Crippen molar-refractivity contribution >= 4 is 28.7 Å². The molecule has 3 heterocycles. The van der Waals surface area contributed by atoms with Gasteiger partial charge in [0.1, 0.15) is 29.1 Å². The topological polar surface area (TPSA) is 93.7 Å². The minimum atomic E-state index is -0.423. The quantitative estimate of drug-likeness (QED) is 0.133. The minimum Gasteiger partial charge on any atom is -0.459 e. The maximum absolute atomic E-state index is 11.1. The summed E-state index contributed by atoms with van der Waals surface area (Å²) in [5.74, 6) is 2.74. The first-order valence-corrected chi connectivity index (χ1v) is 12.7. The second kappa shape index (κ2) is 10.4. The number of hydrogen-bond acceptors (Lipinski definition) is 6. The third-order valence-corrected chi connectivity index (χ3v) is 6.79. The minimum absolute atomic E-state index is 0.0250. The highest BCUT2D eigenvalue weighted by atomic mass is 32.1. The van der Waals surface area contributed by atoms with Gasteiger partial charge in [0.25, 0.3) is 5.69 Å². The van der Waals surface area contributed by atoms with Gasteiger partial charge in [-0.2, -0.15) is 0 Å².